The van der Waals surface area contributed by atoms with E-state index in [2.05, 4.69) is 6.58 Å². The quantitative estimate of drug-likeness (QED) is 0.740. The molecule has 0 saturated carbocycles. The van der Waals surface area contributed by atoms with Crippen molar-refractivity contribution in [3.8, 4) is 0 Å². The fourth-order valence-electron chi connectivity index (χ4n) is 1.38. The number of benzene rings is 1. The van der Waals surface area contributed by atoms with E-state index < -0.39 is 5.97 Å². The highest BCUT2D eigenvalue weighted by Gasteiger charge is 2.03. The number of carboxylic acid groups (broad SMARTS) is 1. The zero-order valence-corrected chi connectivity index (χ0v) is 9.17. The molecule has 0 fully saturated rings. The van der Waals surface area contributed by atoms with Crippen LogP contribution in [-0.4, -0.2) is 11.1 Å². The number of carbonyl (C=O) groups is 1. The molecule has 16 heavy (non-hydrogen) atoms. The largest absolute Gasteiger partial charge is 0.481 e. The van der Waals surface area contributed by atoms with Crippen molar-refractivity contribution < 1.29 is 9.90 Å². The second-order valence-electron chi connectivity index (χ2n) is 3.60. The summed E-state index contributed by atoms with van der Waals surface area (Å²) in [7, 11) is 0. The lowest BCUT2D eigenvalue weighted by Gasteiger charge is -2.04. The molecule has 0 bridgehead atoms. The van der Waals surface area contributed by atoms with Gasteiger partial charge in [-0.15, -0.1) is 6.58 Å². The lowest BCUT2D eigenvalue weighted by atomic mass is 10.0. The van der Waals surface area contributed by atoms with Crippen LogP contribution in [0.4, 0.5) is 0 Å². The molecule has 1 aromatic rings. The average Bonchev–Trinajstić information content (AvgIpc) is 2.30. The zero-order valence-electron chi connectivity index (χ0n) is 9.17. The lowest BCUT2D eigenvalue weighted by molar-refractivity contribution is -0.137. The van der Waals surface area contributed by atoms with Crippen molar-refractivity contribution in [1.82, 2.24) is 0 Å². The maximum Gasteiger partial charge on any atom is 0.303 e. The normalized spacial score (nSPS) is 12.5. The van der Waals surface area contributed by atoms with Gasteiger partial charge in [-0.1, -0.05) is 48.6 Å². The monoisotopic (exact) mass is 216 g/mol. The van der Waals surface area contributed by atoms with Gasteiger partial charge in [0.15, 0.2) is 0 Å². The van der Waals surface area contributed by atoms with Crippen LogP contribution in [0, 0.1) is 5.92 Å². The Balaban J connectivity index is 2.53. The summed E-state index contributed by atoms with van der Waals surface area (Å²) in [5, 5.41) is 8.58. The van der Waals surface area contributed by atoms with E-state index in [1.165, 1.54) is 0 Å². The van der Waals surface area contributed by atoms with E-state index in [0.29, 0.717) is 6.42 Å². The van der Waals surface area contributed by atoms with Gasteiger partial charge < -0.3 is 5.11 Å². The van der Waals surface area contributed by atoms with Crippen LogP contribution in [0.2, 0.25) is 0 Å². The van der Waals surface area contributed by atoms with Gasteiger partial charge in [0.1, 0.15) is 0 Å². The van der Waals surface area contributed by atoms with Crippen molar-refractivity contribution in [1.29, 1.82) is 0 Å². The molecule has 0 spiro atoms. The summed E-state index contributed by atoms with van der Waals surface area (Å²) in [6, 6.07) is 9.92. The molecule has 1 unspecified atom stereocenters. The molecule has 1 N–H and O–H groups in total. The highest BCUT2D eigenvalue weighted by molar-refractivity contribution is 5.66. The van der Waals surface area contributed by atoms with Gasteiger partial charge in [0, 0.05) is 6.42 Å². The number of hydrogen-bond acceptors (Lipinski definition) is 1. The van der Waals surface area contributed by atoms with Crippen molar-refractivity contribution in [2.45, 2.75) is 12.8 Å². The molecule has 84 valence electrons. The van der Waals surface area contributed by atoms with E-state index in [1.54, 1.807) is 6.08 Å². The molecule has 1 aromatic carbocycles. The van der Waals surface area contributed by atoms with Crippen molar-refractivity contribution >= 4 is 12.0 Å². The van der Waals surface area contributed by atoms with Crippen LogP contribution in [0.5, 0.6) is 0 Å². The van der Waals surface area contributed by atoms with Gasteiger partial charge in [0.25, 0.3) is 0 Å². The van der Waals surface area contributed by atoms with E-state index >= 15 is 0 Å². The van der Waals surface area contributed by atoms with Crippen molar-refractivity contribution in [3.63, 3.8) is 0 Å². The molecule has 1 rings (SSSR count). The first-order valence-corrected chi connectivity index (χ1v) is 5.30. The average molecular weight is 216 g/mol. The van der Waals surface area contributed by atoms with Crippen LogP contribution >= 0.6 is 0 Å². The molecule has 0 aliphatic rings. The maximum absolute atomic E-state index is 10.4. The standard InChI is InChI=1S/C14H16O2/c1-2-12(10-11-14(15)16)8-9-13-6-4-3-5-7-13/h2-9,12H,1,10-11H2,(H,15,16). The van der Waals surface area contributed by atoms with E-state index in [1.807, 2.05) is 42.5 Å². The predicted molar refractivity (Wildman–Crippen MR) is 66.0 cm³/mol. The molecule has 2 heteroatoms. The topological polar surface area (TPSA) is 37.3 Å². The van der Waals surface area contributed by atoms with Crippen molar-refractivity contribution in [3.05, 3.63) is 54.6 Å². The summed E-state index contributed by atoms with van der Waals surface area (Å²) in [6.45, 7) is 3.71. The Morgan fingerprint density at radius 2 is 2.06 bits per heavy atom. The molecule has 2 nitrogen and oxygen atoms in total. The lowest BCUT2D eigenvalue weighted by Crippen LogP contribution is -1.99. The SMILES string of the molecule is C=CC(C=Cc1ccccc1)CCC(=O)O. The van der Waals surface area contributed by atoms with Gasteiger partial charge in [-0.05, 0) is 17.9 Å². The van der Waals surface area contributed by atoms with Gasteiger partial charge in [-0.3, -0.25) is 4.79 Å². The van der Waals surface area contributed by atoms with Crippen LogP contribution in [0.25, 0.3) is 6.08 Å². The van der Waals surface area contributed by atoms with Crippen LogP contribution < -0.4 is 0 Å². The predicted octanol–water partition coefficient (Wildman–Crippen LogP) is 3.37. The van der Waals surface area contributed by atoms with E-state index in [4.69, 9.17) is 5.11 Å². The Kier molecular flexibility index (Phi) is 5.06. The minimum Gasteiger partial charge on any atom is -0.481 e. The molecule has 0 amide bonds. The first-order chi connectivity index (χ1) is 7.72. The van der Waals surface area contributed by atoms with E-state index in [0.717, 1.165) is 5.56 Å². The Morgan fingerprint density at radius 1 is 1.38 bits per heavy atom. The molecular weight excluding hydrogens is 200 g/mol. The number of aliphatic carboxylic acids is 1. The Bertz CT molecular complexity index is 366. The summed E-state index contributed by atoms with van der Waals surface area (Å²) in [5.74, 6) is -0.642. The van der Waals surface area contributed by atoms with Crippen LogP contribution in [0.3, 0.4) is 0 Å². The molecule has 0 aliphatic carbocycles. The molecule has 0 heterocycles. The fourth-order valence-corrected chi connectivity index (χ4v) is 1.38. The van der Waals surface area contributed by atoms with Crippen molar-refractivity contribution in [2.75, 3.05) is 0 Å². The molecule has 0 aliphatic heterocycles. The third kappa shape index (κ3) is 4.60. The number of rotatable bonds is 6. The highest BCUT2D eigenvalue weighted by atomic mass is 16.4. The second-order valence-corrected chi connectivity index (χ2v) is 3.60. The summed E-state index contributed by atoms with van der Waals surface area (Å²) >= 11 is 0. The summed E-state index contributed by atoms with van der Waals surface area (Å²) in [6.07, 6.45) is 6.54. The van der Waals surface area contributed by atoms with Crippen LogP contribution in [-0.2, 0) is 4.79 Å². The first kappa shape index (κ1) is 12.2. The minimum absolute atomic E-state index is 0.122. The summed E-state index contributed by atoms with van der Waals surface area (Å²) in [4.78, 5) is 10.4. The molecule has 0 radical (unpaired) electrons. The first-order valence-electron chi connectivity index (χ1n) is 5.30. The van der Waals surface area contributed by atoms with E-state index in [-0.39, 0.29) is 12.3 Å². The summed E-state index contributed by atoms with van der Waals surface area (Å²) < 4.78 is 0. The Labute approximate surface area is 95.9 Å². The number of allylic oxidation sites excluding steroid dienone is 2. The maximum atomic E-state index is 10.4. The van der Waals surface area contributed by atoms with Crippen LogP contribution in [0.15, 0.2) is 49.1 Å². The third-order valence-corrected chi connectivity index (χ3v) is 2.33. The third-order valence-electron chi connectivity index (χ3n) is 2.33. The summed E-state index contributed by atoms with van der Waals surface area (Å²) in [5.41, 5.74) is 1.12. The van der Waals surface area contributed by atoms with Gasteiger partial charge >= 0.3 is 5.97 Å². The number of carboxylic acids is 1. The molecular formula is C14H16O2. The second kappa shape index (κ2) is 6.62. The fraction of sp³-hybridized carbons (Fsp3) is 0.214. The van der Waals surface area contributed by atoms with Gasteiger partial charge in [0.05, 0.1) is 0 Å². The molecule has 0 aromatic heterocycles. The smallest absolute Gasteiger partial charge is 0.303 e. The molecule has 0 saturated heterocycles. The van der Waals surface area contributed by atoms with Gasteiger partial charge in [0.2, 0.25) is 0 Å². The minimum atomic E-state index is -0.764. The van der Waals surface area contributed by atoms with E-state index in [9.17, 15) is 4.79 Å². The van der Waals surface area contributed by atoms with Gasteiger partial charge in [-0.2, -0.15) is 0 Å². The highest BCUT2D eigenvalue weighted by Crippen LogP contribution is 2.12. The molecule has 1 atom stereocenters. The number of hydrogen-bond donors (Lipinski definition) is 1. The Morgan fingerprint density at radius 3 is 2.62 bits per heavy atom. The van der Waals surface area contributed by atoms with Crippen LogP contribution in [0.1, 0.15) is 18.4 Å². The Hall–Kier alpha value is -1.83. The zero-order chi connectivity index (χ0) is 11.8. The van der Waals surface area contributed by atoms with Crippen molar-refractivity contribution in [2.24, 2.45) is 5.92 Å². The van der Waals surface area contributed by atoms with Gasteiger partial charge in [-0.25, -0.2) is 0 Å².